The Balaban J connectivity index is 2.59. The van der Waals surface area contributed by atoms with E-state index in [1.54, 1.807) is 25.1 Å². The van der Waals surface area contributed by atoms with Crippen LogP contribution < -0.4 is 14.2 Å². The molecule has 0 aliphatic heterocycles. The summed E-state index contributed by atoms with van der Waals surface area (Å²) in [6, 6.07) is 7.94. The molecule has 27 heavy (non-hydrogen) atoms. The number of aryl methyl sites for hydroxylation is 1. The average molecular weight is 456 g/mol. The zero-order valence-corrected chi connectivity index (χ0v) is 17.2. The maximum Gasteiger partial charge on any atom is 0.328 e. The number of carbonyl (C=O) groups is 1. The minimum atomic E-state index is -4.04. The van der Waals surface area contributed by atoms with Crippen molar-refractivity contribution in [3.8, 4) is 11.5 Å². The Hall–Kier alpha value is -2.52. The van der Waals surface area contributed by atoms with Gasteiger partial charge in [-0.3, -0.25) is 4.72 Å². The number of anilines is 1. The standard InChI is InChI=1S/C18H18BrNO6S/c1-11-8-13(19)5-6-14(11)20-27(23,24)16-10-12(4-7-17(21)22)9-15(25-2)18(16)26-3/h4-10,20H,1-3H3,(H,21,22). The summed E-state index contributed by atoms with van der Waals surface area (Å²) in [5.41, 5.74) is 1.47. The number of carboxylic acid groups (broad SMARTS) is 1. The van der Waals surface area contributed by atoms with Gasteiger partial charge in [0.2, 0.25) is 0 Å². The summed E-state index contributed by atoms with van der Waals surface area (Å²) in [6.45, 7) is 1.77. The molecule has 0 amide bonds. The molecule has 0 fully saturated rings. The largest absolute Gasteiger partial charge is 0.493 e. The molecule has 0 aliphatic rings. The molecular weight excluding hydrogens is 438 g/mol. The minimum Gasteiger partial charge on any atom is -0.493 e. The van der Waals surface area contributed by atoms with E-state index in [2.05, 4.69) is 20.7 Å². The quantitative estimate of drug-likeness (QED) is 0.617. The molecular formula is C18H18BrNO6S. The normalized spacial score (nSPS) is 11.4. The molecule has 0 radical (unpaired) electrons. The third-order valence-corrected chi connectivity index (χ3v) is 5.47. The van der Waals surface area contributed by atoms with E-state index in [1.165, 1.54) is 32.4 Å². The van der Waals surface area contributed by atoms with Crippen molar-refractivity contribution in [2.24, 2.45) is 0 Å². The Morgan fingerprint density at radius 1 is 1.19 bits per heavy atom. The highest BCUT2D eigenvalue weighted by atomic mass is 79.9. The Bertz CT molecular complexity index is 1000. The van der Waals surface area contributed by atoms with E-state index in [1.807, 2.05) is 0 Å². The Labute approximate surface area is 165 Å². The number of rotatable bonds is 7. The number of benzene rings is 2. The van der Waals surface area contributed by atoms with Crippen molar-refractivity contribution >= 4 is 43.7 Å². The molecule has 0 saturated heterocycles. The first-order valence-electron chi connectivity index (χ1n) is 7.64. The van der Waals surface area contributed by atoms with Crippen molar-refractivity contribution < 1.29 is 27.8 Å². The molecule has 2 rings (SSSR count). The molecule has 2 aromatic carbocycles. The molecule has 0 bridgehead atoms. The van der Waals surface area contributed by atoms with E-state index >= 15 is 0 Å². The zero-order chi connectivity index (χ0) is 20.2. The Morgan fingerprint density at radius 2 is 1.89 bits per heavy atom. The van der Waals surface area contributed by atoms with Crippen molar-refractivity contribution in [1.82, 2.24) is 0 Å². The molecule has 9 heteroatoms. The third kappa shape index (κ3) is 5.01. The van der Waals surface area contributed by atoms with Crippen LogP contribution in [0.1, 0.15) is 11.1 Å². The van der Waals surface area contributed by atoms with E-state index in [9.17, 15) is 13.2 Å². The molecule has 0 atom stereocenters. The van der Waals surface area contributed by atoms with Gasteiger partial charge in [0, 0.05) is 10.5 Å². The van der Waals surface area contributed by atoms with Crippen LogP contribution in [-0.4, -0.2) is 33.7 Å². The fourth-order valence-electron chi connectivity index (χ4n) is 2.35. The second-order valence-corrected chi connectivity index (χ2v) is 8.06. The summed E-state index contributed by atoms with van der Waals surface area (Å²) in [5.74, 6) is -0.969. The third-order valence-electron chi connectivity index (χ3n) is 3.61. The van der Waals surface area contributed by atoms with Gasteiger partial charge in [-0.15, -0.1) is 0 Å². The first-order valence-corrected chi connectivity index (χ1v) is 9.91. The maximum atomic E-state index is 13.0. The first kappa shape index (κ1) is 20.8. The Morgan fingerprint density at radius 3 is 2.44 bits per heavy atom. The van der Waals surface area contributed by atoms with Crippen LogP contribution in [0, 0.1) is 6.92 Å². The second-order valence-electron chi connectivity index (χ2n) is 5.49. The van der Waals surface area contributed by atoms with E-state index in [0.29, 0.717) is 11.3 Å². The van der Waals surface area contributed by atoms with Gasteiger partial charge in [-0.25, -0.2) is 13.2 Å². The molecule has 0 unspecified atom stereocenters. The summed E-state index contributed by atoms with van der Waals surface area (Å²) in [6.07, 6.45) is 2.18. The van der Waals surface area contributed by atoms with Crippen molar-refractivity contribution in [2.45, 2.75) is 11.8 Å². The smallest absolute Gasteiger partial charge is 0.328 e. The van der Waals surface area contributed by atoms with E-state index in [-0.39, 0.29) is 16.4 Å². The predicted octanol–water partition coefficient (Wildman–Crippen LogP) is 3.67. The number of hydrogen-bond acceptors (Lipinski definition) is 5. The monoisotopic (exact) mass is 455 g/mol. The van der Waals surface area contributed by atoms with Crippen LogP contribution in [0.4, 0.5) is 5.69 Å². The molecule has 0 saturated carbocycles. The number of aliphatic carboxylic acids is 1. The van der Waals surface area contributed by atoms with Gasteiger partial charge in [0.15, 0.2) is 11.5 Å². The molecule has 0 spiro atoms. The summed E-state index contributed by atoms with van der Waals surface area (Å²) in [4.78, 5) is 10.6. The number of hydrogen-bond donors (Lipinski definition) is 2. The highest BCUT2D eigenvalue weighted by Crippen LogP contribution is 2.37. The van der Waals surface area contributed by atoms with Gasteiger partial charge in [-0.1, -0.05) is 15.9 Å². The Kier molecular flexibility index (Phi) is 6.50. The van der Waals surface area contributed by atoms with Gasteiger partial charge in [-0.2, -0.15) is 0 Å². The highest BCUT2D eigenvalue weighted by Gasteiger charge is 2.24. The second kappa shape index (κ2) is 8.45. The lowest BCUT2D eigenvalue weighted by Gasteiger charge is -2.16. The fraction of sp³-hybridized carbons (Fsp3) is 0.167. The average Bonchev–Trinajstić information content (AvgIpc) is 2.61. The van der Waals surface area contributed by atoms with Gasteiger partial charge in [0.1, 0.15) is 4.90 Å². The lowest BCUT2D eigenvalue weighted by Crippen LogP contribution is -2.15. The zero-order valence-electron chi connectivity index (χ0n) is 14.8. The molecule has 0 aromatic heterocycles. The molecule has 0 heterocycles. The van der Waals surface area contributed by atoms with Crippen molar-refractivity contribution in [3.05, 3.63) is 52.0 Å². The molecule has 7 nitrogen and oxygen atoms in total. The van der Waals surface area contributed by atoms with Crippen LogP contribution in [0.2, 0.25) is 0 Å². The van der Waals surface area contributed by atoms with Crippen molar-refractivity contribution in [3.63, 3.8) is 0 Å². The van der Waals surface area contributed by atoms with Gasteiger partial charge < -0.3 is 14.6 Å². The van der Waals surface area contributed by atoms with Gasteiger partial charge >= 0.3 is 5.97 Å². The van der Waals surface area contributed by atoms with E-state index < -0.39 is 16.0 Å². The van der Waals surface area contributed by atoms with Gasteiger partial charge in [-0.05, 0) is 54.5 Å². The fourth-order valence-corrected chi connectivity index (χ4v) is 4.18. The number of nitrogens with one attached hydrogen (secondary N) is 1. The summed E-state index contributed by atoms with van der Waals surface area (Å²) < 4.78 is 39.7. The van der Waals surface area contributed by atoms with Crippen LogP contribution in [0.25, 0.3) is 6.08 Å². The summed E-state index contributed by atoms with van der Waals surface area (Å²) in [7, 11) is -1.34. The number of methoxy groups -OCH3 is 2. The van der Waals surface area contributed by atoms with E-state index in [0.717, 1.165) is 16.1 Å². The SMILES string of the molecule is COc1cc(C=CC(=O)O)cc(S(=O)(=O)Nc2ccc(Br)cc2C)c1OC. The number of carboxylic acids is 1. The van der Waals surface area contributed by atoms with E-state index in [4.69, 9.17) is 14.6 Å². The molecule has 2 aromatic rings. The molecule has 0 aliphatic carbocycles. The van der Waals surface area contributed by atoms with Crippen LogP contribution in [0.15, 0.2) is 45.8 Å². The van der Waals surface area contributed by atoms with Crippen molar-refractivity contribution in [2.75, 3.05) is 18.9 Å². The highest BCUT2D eigenvalue weighted by molar-refractivity contribution is 9.10. The van der Waals surface area contributed by atoms with Gasteiger partial charge in [0.05, 0.1) is 19.9 Å². The topological polar surface area (TPSA) is 102 Å². The number of ether oxygens (including phenoxy) is 2. The summed E-state index contributed by atoms with van der Waals surface area (Å²) >= 11 is 3.33. The van der Waals surface area contributed by atoms with Crippen LogP contribution in [0.5, 0.6) is 11.5 Å². The van der Waals surface area contributed by atoms with Crippen LogP contribution in [-0.2, 0) is 14.8 Å². The number of halogens is 1. The minimum absolute atomic E-state index is 0.0206. The summed E-state index contributed by atoms with van der Waals surface area (Å²) in [5, 5.41) is 8.80. The molecule has 2 N–H and O–H groups in total. The van der Waals surface area contributed by atoms with Crippen LogP contribution >= 0.6 is 15.9 Å². The molecule has 144 valence electrons. The van der Waals surface area contributed by atoms with Gasteiger partial charge in [0.25, 0.3) is 10.0 Å². The predicted molar refractivity (Wildman–Crippen MR) is 106 cm³/mol. The van der Waals surface area contributed by atoms with Crippen LogP contribution in [0.3, 0.4) is 0 Å². The lowest BCUT2D eigenvalue weighted by atomic mass is 10.2. The lowest BCUT2D eigenvalue weighted by molar-refractivity contribution is -0.131. The first-order chi connectivity index (χ1) is 12.7. The maximum absolute atomic E-state index is 13.0. The number of sulfonamides is 1. The van der Waals surface area contributed by atoms with Crippen molar-refractivity contribution in [1.29, 1.82) is 0 Å².